The Kier molecular flexibility index (Phi) is 5.45. The van der Waals surface area contributed by atoms with E-state index in [4.69, 9.17) is 23.2 Å². The van der Waals surface area contributed by atoms with E-state index in [9.17, 15) is 13.2 Å². The van der Waals surface area contributed by atoms with Crippen LogP contribution in [-0.4, -0.2) is 17.8 Å². The molecule has 1 aromatic heterocycles. The molecular weight excluding hydrogens is 477 g/mol. The topological polar surface area (TPSA) is 73.1 Å². The van der Waals surface area contributed by atoms with Crippen LogP contribution in [0.1, 0.15) is 5.69 Å². The molecule has 0 spiro atoms. The Labute approximate surface area is 174 Å². The molecule has 1 heterocycles. The molecule has 0 aliphatic heterocycles. The number of anilines is 1. The van der Waals surface area contributed by atoms with Crippen molar-refractivity contribution in [1.82, 2.24) is 9.36 Å². The molecule has 3 rings (SSSR count). The van der Waals surface area contributed by atoms with E-state index in [-0.39, 0.29) is 20.6 Å². The zero-order valence-corrected chi connectivity index (χ0v) is 18.1. The lowest BCUT2D eigenvalue weighted by Gasteiger charge is -2.10. The highest BCUT2D eigenvalue weighted by atomic mass is 79.9. The first-order chi connectivity index (χ1) is 12.6. The highest BCUT2D eigenvalue weighted by Crippen LogP contribution is 2.32. The Balaban J connectivity index is 2.12. The predicted octanol–water partition coefficient (Wildman–Crippen LogP) is 4.35. The minimum atomic E-state index is -4.13. The van der Waals surface area contributed by atoms with Crippen LogP contribution < -0.4 is 10.3 Å². The molecule has 10 heteroatoms. The van der Waals surface area contributed by atoms with Crippen molar-refractivity contribution in [2.75, 3.05) is 4.72 Å². The fourth-order valence-corrected chi connectivity index (χ4v) is 4.96. The van der Waals surface area contributed by atoms with Crippen LogP contribution in [-0.2, 0) is 17.1 Å². The first kappa shape index (κ1) is 20.0. The largest absolute Gasteiger partial charge is 0.296 e. The smallest absolute Gasteiger partial charge is 0.283 e. The predicted molar refractivity (Wildman–Crippen MR) is 111 cm³/mol. The van der Waals surface area contributed by atoms with Gasteiger partial charge in [-0.05, 0) is 47.1 Å². The summed E-state index contributed by atoms with van der Waals surface area (Å²) in [6, 6.07) is 11.5. The van der Waals surface area contributed by atoms with Crippen LogP contribution in [0.15, 0.2) is 56.6 Å². The van der Waals surface area contributed by atoms with Gasteiger partial charge in [0.15, 0.2) is 0 Å². The van der Waals surface area contributed by atoms with Crippen molar-refractivity contribution in [3.8, 4) is 5.69 Å². The van der Waals surface area contributed by atoms with Gasteiger partial charge in [-0.2, -0.15) is 0 Å². The van der Waals surface area contributed by atoms with E-state index in [1.54, 1.807) is 42.9 Å². The second-order valence-corrected chi connectivity index (χ2v) is 9.06. The summed E-state index contributed by atoms with van der Waals surface area (Å²) >= 11 is 15.3. The average molecular weight is 491 g/mol. The summed E-state index contributed by atoms with van der Waals surface area (Å²) in [6.07, 6.45) is 0. The summed E-state index contributed by atoms with van der Waals surface area (Å²) in [5, 5.41) is 0.169. The van der Waals surface area contributed by atoms with Gasteiger partial charge < -0.3 is 0 Å². The maximum Gasteiger partial charge on any atom is 0.296 e. The maximum atomic E-state index is 12.9. The number of para-hydroxylation sites is 1. The fraction of sp³-hybridized carbons (Fsp3) is 0.118. The summed E-state index contributed by atoms with van der Waals surface area (Å²) in [6.45, 7) is 1.65. The van der Waals surface area contributed by atoms with E-state index in [1.165, 1.54) is 16.8 Å². The third kappa shape index (κ3) is 3.67. The molecule has 2 aromatic carbocycles. The number of sulfonamides is 1. The van der Waals surface area contributed by atoms with Gasteiger partial charge >= 0.3 is 0 Å². The van der Waals surface area contributed by atoms with Gasteiger partial charge in [-0.3, -0.25) is 14.2 Å². The molecule has 6 nitrogen and oxygen atoms in total. The second-order valence-electron chi connectivity index (χ2n) is 5.74. The molecule has 27 heavy (non-hydrogen) atoms. The Hall–Kier alpha value is -1.74. The number of rotatable bonds is 4. The summed E-state index contributed by atoms with van der Waals surface area (Å²) in [4.78, 5) is 12.7. The number of nitrogens with zero attached hydrogens (tertiary/aromatic N) is 2. The van der Waals surface area contributed by atoms with Crippen molar-refractivity contribution in [3.05, 3.63) is 73.0 Å². The number of nitrogens with one attached hydrogen (secondary N) is 1. The average Bonchev–Trinajstić information content (AvgIpc) is 2.82. The first-order valence-electron chi connectivity index (χ1n) is 7.65. The fourth-order valence-electron chi connectivity index (χ4n) is 2.59. The van der Waals surface area contributed by atoms with Gasteiger partial charge in [0, 0.05) is 11.5 Å². The van der Waals surface area contributed by atoms with E-state index in [2.05, 4.69) is 20.7 Å². The molecule has 0 atom stereocenters. The van der Waals surface area contributed by atoms with Crippen molar-refractivity contribution in [2.24, 2.45) is 7.05 Å². The molecule has 0 bridgehead atoms. The van der Waals surface area contributed by atoms with Crippen molar-refractivity contribution < 1.29 is 8.42 Å². The van der Waals surface area contributed by atoms with Gasteiger partial charge in [0.05, 0.1) is 21.4 Å². The molecule has 1 N–H and O–H groups in total. The van der Waals surface area contributed by atoms with E-state index in [0.29, 0.717) is 15.9 Å². The van der Waals surface area contributed by atoms with Gasteiger partial charge in [0.2, 0.25) is 0 Å². The Bertz CT molecular complexity index is 1190. The van der Waals surface area contributed by atoms with Gasteiger partial charge in [-0.25, -0.2) is 13.1 Å². The third-order valence-electron chi connectivity index (χ3n) is 4.05. The summed E-state index contributed by atoms with van der Waals surface area (Å²) in [7, 11) is -2.46. The number of aromatic nitrogens is 2. The summed E-state index contributed by atoms with van der Waals surface area (Å²) < 4.78 is 31.4. The van der Waals surface area contributed by atoms with Gasteiger partial charge in [-0.15, -0.1) is 0 Å². The molecule has 0 fully saturated rings. The number of halogens is 3. The minimum absolute atomic E-state index is 0.0178. The van der Waals surface area contributed by atoms with Crippen molar-refractivity contribution in [2.45, 2.75) is 11.8 Å². The normalized spacial score (nSPS) is 11.6. The van der Waals surface area contributed by atoms with E-state index in [1.807, 2.05) is 6.07 Å². The van der Waals surface area contributed by atoms with E-state index >= 15 is 0 Å². The molecular formula is C17H14BrCl2N3O3S. The summed E-state index contributed by atoms with van der Waals surface area (Å²) in [5.74, 6) is 0. The Morgan fingerprint density at radius 1 is 1.07 bits per heavy atom. The zero-order valence-electron chi connectivity index (χ0n) is 14.2. The lowest BCUT2D eigenvalue weighted by molar-refractivity contribution is 0.601. The molecule has 0 aliphatic carbocycles. The van der Waals surface area contributed by atoms with Crippen LogP contribution in [0.3, 0.4) is 0 Å². The molecule has 0 radical (unpaired) electrons. The zero-order chi connectivity index (χ0) is 19.9. The standard InChI is InChI=1S/C17H14BrCl2N3O3S/c1-10-16(17(24)23(22(10)2)11-6-4-3-5-7-11)21-27(25,26)15-9-13(19)12(18)8-14(15)20/h3-9,21H,1-2H3. The lowest BCUT2D eigenvalue weighted by Crippen LogP contribution is -2.23. The second kappa shape index (κ2) is 7.35. The molecule has 0 saturated carbocycles. The van der Waals surface area contributed by atoms with Crippen molar-refractivity contribution >= 4 is 54.8 Å². The molecule has 0 aliphatic rings. The summed E-state index contributed by atoms with van der Waals surface area (Å²) in [5.41, 5.74) is 0.510. The lowest BCUT2D eigenvalue weighted by atomic mass is 10.3. The minimum Gasteiger partial charge on any atom is -0.283 e. The first-order valence-corrected chi connectivity index (χ1v) is 10.7. The van der Waals surface area contributed by atoms with Crippen molar-refractivity contribution in [1.29, 1.82) is 0 Å². The van der Waals surface area contributed by atoms with Crippen LogP contribution in [0.25, 0.3) is 5.69 Å². The molecule has 0 unspecified atom stereocenters. The highest BCUT2D eigenvalue weighted by molar-refractivity contribution is 9.10. The van der Waals surface area contributed by atoms with E-state index in [0.717, 1.165) is 0 Å². The monoisotopic (exact) mass is 489 g/mol. The highest BCUT2D eigenvalue weighted by Gasteiger charge is 2.25. The van der Waals surface area contributed by atoms with Crippen LogP contribution in [0.5, 0.6) is 0 Å². The van der Waals surface area contributed by atoms with Gasteiger partial charge in [-0.1, -0.05) is 41.4 Å². The van der Waals surface area contributed by atoms with Crippen LogP contribution >= 0.6 is 39.1 Å². The molecule has 0 amide bonds. The van der Waals surface area contributed by atoms with Gasteiger partial charge in [0.25, 0.3) is 15.6 Å². The Morgan fingerprint density at radius 2 is 1.70 bits per heavy atom. The molecule has 3 aromatic rings. The quantitative estimate of drug-likeness (QED) is 0.552. The number of hydrogen-bond donors (Lipinski definition) is 1. The van der Waals surface area contributed by atoms with E-state index < -0.39 is 15.6 Å². The molecule has 0 saturated heterocycles. The van der Waals surface area contributed by atoms with Crippen LogP contribution in [0, 0.1) is 6.92 Å². The maximum absolute atomic E-state index is 12.9. The van der Waals surface area contributed by atoms with Crippen LogP contribution in [0.2, 0.25) is 10.0 Å². The van der Waals surface area contributed by atoms with Crippen LogP contribution in [0.4, 0.5) is 5.69 Å². The molecule has 142 valence electrons. The Morgan fingerprint density at radius 3 is 2.33 bits per heavy atom. The van der Waals surface area contributed by atoms with Gasteiger partial charge in [0.1, 0.15) is 10.6 Å². The third-order valence-corrected chi connectivity index (χ3v) is 7.07. The van der Waals surface area contributed by atoms with Crippen molar-refractivity contribution in [3.63, 3.8) is 0 Å². The number of hydrogen-bond acceptors (Lipinski definition) is 3. The SMILES string of the molecule is Cc1c(NS(=O)(=O)c2cc(Cl)c(Br)cc2Cl)c(=O)n(-c2ccccc2)n1C. The number of benzene rings is 2.